The number of methoxy groups -OCH3 is 1. The molecule has 0 unspecified atom stereocenters. The van der Waals surface area contributed by atoms with Crippen LogP contribution in [0, 0.1) is 11.6 Å². The van der Waals surface area contributed by atoms with Crippen molar-refractivity contribution in [2.24, 2.45) is 0 Å². The number of hydrogen-bond acceptors (Lipinski definition) is 3. The maximum atomic E-state index is 14.1. The van der Waals surface area contributed by atoms with Crippen LogP contribution < -0.4 is 4.74 Å². The highest BCUT2D eigenvalue weighted by molar-refractivity contribution is 9.10. The number of hydrogen-bond donors (Lipinski definition) is 1. The average molecular weight is 397 g/mol. The number of nitrogens with zero attached hydrogens (tertiary/aromatic N) is 2. The first-order valence-corrected chi connectivity index (χ1v) is 7.60. The minimum Gasteiger partial charge on any atom is -0.496 e. The minimum absolute atomic E-state index is 0.0194. The average Bonchev–Trinajstić information content (AvgIpc) is 2.95. The summed E-state index contributed by atoms with van der Waals surface area (Å²) in [5.41, 5.74) is 0.100. The summed E-state index contributed by atoms with van der Waals surface area (Å²) >= 11 is 3.06. The van der Waals surface area contributed by atoms with E-state index >= 15 is 0 Å². The smallest absolute Gasteiger partial charge is 0.333 e. The van der Waals surface area contributed by atoms with Crippen molar-refractivity contribution in [3.8, 4) is 5.75 Å². The van der Waals surface area contributed by atoms with Crippen molar-refractivity contribution < 1.29 is 23.4 Å². The second-order valence-electron chi connectivity index (χ2n) is 5.04. The predicted molar refractivity (Wildman–Crippen MR) is 86.1 cm³/mol. The van der Waals surface area contributed by atoms with Gasteiger partial charge in [0.1, 0.15) is 17.1 Å². The largest absolute Gasteiger partial charge is 0.496 e. The number of benzene rings is 2. The molecule has 8 heteroatoms. The molecular weight excluding hydrogens is 386 g/mol. The lowest BCUT2D eigenvalue weighted by Gasteiger charge is -2.16. The van der Waals surface area contributed by atoms with E-state index < -0.39 is 23.6 Å². The number of fused-ring (bicyclic) bond motifs is 1. The second kappa shape index (κ2) is 6.20. The summed E-state index contributed by atoms with van der Waals surface area (Å²) in [7, 11) is 1.35. The normalized spacial score (nSPS) is 12.3. The van der Waals surface area contributed by atoms with E-state index in [0.717, 1.165) is 16.8 Å². The monoisotopic (exact) mass is 396 g/mol. The molecule has 0 spiro atoms. The van der Waals surface area contributed by atoms with E-state index in [1.807, 2.05) is 0 Å². The number of aliphatic carboxylic acids is 1. The zero-order chi connectivity index (χ0) is 17.4. The lowest BCUT2D eigenvalue weighted by atomic mass is 10.1. The second-order valence-corrected chi connectivity index (χ2v) is 5.89. The van der Waals surface area contributed by atoms with Crippen LogP contribution in [0.5, 0.6) is 5.75 Å². The molecule has 24 heavy (non-hydrogen) atoms. The first-order valence-electron chi connectivity index (χ1n) is 6.81. The Morgan fingerprint density at radius 1 is 1.33 bits per heavy atom. The van der Waals surface area contributed by atoms with Gasteiger partial charge in [-0.25, -0.2) is 13.6 Å². The van der Waals surface area contributed by atoms with Gasteiger partial charge < -0.3 is 9.84 Å². The Kier molecular flexibility index (Phi) is 4.23. The van der Waals surface area contributed by atoms with E-state index in [9.17, 15) is 18.7 Å². The number of ether oxygens (including phenoxy) is 1. The number of carbonyl (C=O) groups is 1. The number of halogens is 3. The molecular formula is C16H11BrF2N2O3. The van der Waals surface area contributed by atoms with Crippen LogP contribution in [-0.2, 0) is 4.79 Å². The zero-order valence-electron chi connectivity index (χ0n) is 12.3. The van der Waals surface area contributed by atoms with Crippen LogP contribution in [0.1, 0.15) is 11.6 Å². The summed E-state index contributed by atoms with van der Waals surface area (Å²) in [6, 6.07) is 5.31. The lowest BCUT2D eigenvalue weighted by molar-refractivity contribution is -0.139. The van der Waals surface area contributed by atoms with Gasteiger partial charge in [0.2, 0.25) is 0 Å². The van der Waals surface area contributed by atoms with Crippen molar-refractivity contribution in [3.63, 3.8) is 0 Å². The number of carboxylic acids is 1. The Hall–Kier alpha value is -2.48. The van der Waals surface area contributed by atoms with Gasteiger partial charge in [-0.3, -0.25) is 4.68 Å². The maximum Gasteiger partial charge on any atom is 0.333 e. The first-order chi connectivity index (χ1) is 11.4. The minimum atomic E-state index is -1.36. The summed E-state index contributed by atoms with van der Waals surface area (Å²) in [5, 5.41) is 14.1. The van der Waals surface area contributed by atoms with Gasteiger partial charge in [-0.2, -0.15) is 5.10 Å². The molecule has 0 saturated carbocycles. The highest BCUT2D eigenvalue weighted by atomic mass is 79.9. The maximum absolute atomic E-state index is 14.1. The summed E-state index contributed by atoms with van der Waals surface area (Å²) in [5.74, 6) is -2.28. The Morgan fingerprint density at radius 2 is 2.08 bits per heavy atom. The molecule has 0 bridgehead atoms. The highest BCUT2D eigenvalue weighted by Gasteiger charge is 2.27. The van der Waals surface area contributed by atoms with Crippen molar-refractivity contribution in [1.29, 1.82) is 0 Å². The molecule has 0 aliphatic rings. The van der Waals surface area contributed by atoms with Gasteiger partial charge in [0, 0.05) is 17.1 Å². The van der Waals surface area contributed by atoms with E-state index in [-0.39, 0.29) is 21.3 Å². The molecule has 1 aromatic heterocycles. The van der Waals surface area contributed by atoms with Crippen LogP contribution in [0.2, 0.25) is 0 Å². The Bertz CT molecular complexity index is 942. The van der Waals surface area contributed by atoms with Gasteiger partial charge in [-0.15, -0.1) is 0 Å². The number of aromatic nitrogens is 2. The summed E-state index contributed by atoms with van der Waals surface area (Å²) in [6.45, 7) is 0. The van der Waals surface area contributed by atoms with E-state index in [1.54, 1.807) is 6.07 Å². The van der Waals surface area contributed by atoms with Crippen molar-refractivity contribution >= 4 is 32.8 Å². The van der Waals surface area contributed by atoms with Crippen molar-refractivity contribution in [1.82, 2.24) is 9.78 Å². The summed E-state index contributed by atoms with van der Waals surface area (Å²) in [6.07, 6.45) is 1.40. The third-order valence-corrected chi connectivity index (χ3v) is 4.18. The molecule has 3 aromatic rings. The van der Waals surface area contributed by atoms with E-state index in [2.05, 4.69) is 21.0 Å². The first kappa shape index (κ1) is 16.4. The van der Waals surface area contributed by atoms with Crippen LogP contribution in [-0.4, -0.2) is 28.0 Å². The fourth-order valence-electron chi connectivity index (χ4n) is 2.49. The van der Waals surface area contributed by atoms with Crippen LogP contribution >= 0.6 is 15.9 Å². The van der Waals surface area contributed by atoms with Crippen LogP contribution in [0.15, 0.2) is 41.0 Å². The highest BCUT2D eigenvalue weighted by Crippen LogP contribution is 2.31. The molecule has 3 rings (SSSR count). The Morgan fingerprint density at radius 3 is 2.75 bits per heavy atom. The predicted octanol–water partition coefficient (Wildman–Crippen LogP) is 3.76. The fraction of sp³-hybridized carbons (Fsp3) is 0.125. The van der Waals surface area contributed by atoms with Gasteiger partial charge >= 0.3 is 5.97 Å². The summed E-state index contributed by atoms with van der Waals surface area (Å²) < 4.78 is 34.2. The molecule has 0 radical (unpaired) electrons. The van der Waals surface area contributed by atoms with Gasteiger partial charge in [0.15, 0.2) is 11.9 Å². The Labute approximate surface area is 143 Å². The molecule has 1 atom stereocenters. The lowest BCUT2D eigenvalue weighted by Crippen LogP contribution is -2.21. The van der Waals surface area contributed by atoms with Crippen LogP contribution in [0.4, 0.5) is 8.78 Å². The third-order valence-electron chi connectivity index (χ3n) is 3.57. The van der Waals surface area contributed by atoms with E-state index in [1.165, 1.54) is 25.4 Å². The van der Waals surface area contributed by atoms with Crippen molar-refractivity contribution in [2.45, 2.75) is 6.04 Å². The molecule has 0 fully saturated rings. The van der Waals surface area contributed by atoms with E-state index in [4.69, 9.17) is 4.74 Å². The van der Waals surface area contributed by atoms with Gasteiger partial charge in [-0.1, -0.05) is 0 Å². The van der Waals surface area contributed by atoms with Crippen molar-refractivity contribution in [3.05, 3.63) is 58.2 Å². The van der Waals surface area contributed by atoms with Crippen LogP contribution in [0.3, 0.4) is 0 Å². The molecule has 5 nitrogen and oxygen atoms in total. The third kappa shape index (κ3) is 2.73. The molecule has 124 valence electrons. The summed E-state index contributed by atoms with van der Waals surface area (Å²) in [4.78, 5) is 11.8. The van der Waals surface area contributed by atoms with Gasteiger partial charge in [0.25, 0.3) is 0 Å². The molecule has 2 aromatic carbocycles. The van der Waals surface area contributed by atoms with E-state index in [0.29, 0.717) is 5.39 Å². The standard InChI is InChI=1S/C16H11BrF2N2O3/c1-24-12-5-3-9(18)6-10(12)15(16(22)23)21-7-8-2-4-11(17)13(19)14(8)20-21/h2-7,15H,1H3,(H,22,23)/t15-/m1/s1. The fourth-order valence-corrected chi connectivity index (χ4v) is 2.81. The molecule has 0 amide bonds. The number of rotatable bonds is 4. The Balaban J connectivity index is 2.22. The zero-order valence-corrected chi connectivity index (χ0v) is 13.9. The molecule has 1 heterocycles. The van der Waals surface area contributed by atoms with Crippen molar-refractivity contribution in [2.75, 3.05) is 7.11 Å². The number of carboxylic acid groups (broad SMARTS) is 1. The topological polar surface area (TPSA) is 64.3 Å². The molecule has 0 aliphatic carbocycles. The quantitative estimate of drug-likeness (QED) is 0.728. The SMILES string of the molecule is COc1ccc(F)cc1[C@H](C(=O)O)n1cc2ccc(Br)c(F)c2n1. The van der Waals surface area contributed by atoms with Gasteiger partial charge in [-0.05, 0) is 46.3 Å². The molecule has 0 aliphatic heterocycles. The van der Waals surface area contributed by atoms with Crippen LogP contribution in [0.25, 0.3) is 10.9 Å². The van der Waals surface area contributed by atoms with Gasteiger partial charge in [0.05, 0.1) is 11.6 Å². The molecule has 0 saturated heterocycles. The molecule has 1 N–H and O–H groups in total.